The number of benzene rings is 1. The molecule has 1 atom stereocenters. The molecule has 1 heterocycles. The summed E-state index contributed by atoms with van der Waals surface area (Å²) in [6.45, 7) is 6.89. The number of anilines is 1. The van der Waals surface area contributed by atoms with E-state index < -0.39 is 0 Å². The molecule has 152 valence electrons. The first-order chi connectivity index (χ1) is 13.3. The van der Waals surface area contributed by atoms with E-state index in [0.717, 1.165) is 24.9 Å². The largest absolute Gasteiger partial charge is 0.383 e. The zero-order chi connectivity index (χ0) is 20.3. The van der Waals surface area contributed by atoms with E-state index in [9.17, 15) is 4.79 Å². The van der Waals surface area contributed by atoms with Gasteiger partial charge in [0.2, 0.25) is 0 Å². The predicted molar refractivity (Wildman–Crippen MR) is 115 cm³/mol. The Balaban J connectivity index is 1.70. The van der Waals surface area contributed by atoms with Crippen LogP contribution in [-0.2, 0) is 6.42 Å². The van der Waals surface area contributed by atoms with Gasteiger partial charge in [-0.05, 0) is 76.6 Å². The molecule has 2 aromatic rings. The molecule has 1 aliphatic rings. The first-order valence-electron chi connectivity index (χ1n) is 10.3. The van der Waals surface area contributed by atoms with E-state index in [1.54, 1.807) is 12.3 Å². The lowest BCUT2D eigenvalue weighted by Gasteiger charge is -2.42. The lowest BCUT2D eigenvalue weighted by atomic mass is 9.88. The SMILES string of the molecule is CC(C)N(C(C)Cc1ccc(-n2ccc(N)nc2=O)cc1)C1CCC(N)CC1. The number of hydrogen-bond acceptors (Lipinski definition) is 5. The maximum Gasteiger partial charge on any atom is 0.354 e. The molecule has 6 heteroatoms. The molecule has 1 aromatic heterocycles. The summed E-state index contributed by atoms with van der Waals surface area (Å²) in [6, 6.07) is 11.7. The molecule has 0 bridgehead atoms. The monoisotopic (exact) mass is 383 g/mol. The van der Waals surface area contributed by atoms with Crippen molar-refractivity contribution in [1.82, 2.24) is 14.5 Å². The highest BCUT2D eigenvalue weighted by Gasteiger charge is 2.29. The van der Waals surface area contributed by atoms with Crippen LogP contribution in [0.25, 0.3) is 5.69 Å². The standard InChI is InChI=1S/C22H33N5O/c1-15(2)27(20-10-6-18(23)7-11-20)16(3)14-17-4-8-19(9-5-17)26-13-12-21(24)25-22(26)28/h4-5,8-9,12-13,15-16,18,20H,6-7,10-11,14,23H2,1-3H3,(H2,24,25,28). The highest BCUT2D eigenvalue weighted by atomic mass is 16.1. The molecule has 1 unspecified atom stereocenters. The predicted octanol–water partition coefficient (Wildman–Crippen LogP) is 2.73. The van der Waals surface area contributed by atoms with E-state index in [-0.39, 0.29) is 11.5 Å². The smallest absolute Gasteiger partial charge is 0.354 e. The van der Waals surface area contributed by atoms with E-state index in [1.807, 2.05) is 12.1 Å². The molecular weight excluding hydrogens is 350 g/mol. The van der Waals surface area contributed by atoms with Crippen LogP contribution in [0.2, 0.25) is 0 Å². The number of hydrogen-bond donors (Lipinski definition) is 2. The Morgan fingerprint density at radius 2 is 1.75 bits per heavy atom. The van der Waals surface area contributed by atoms with Gasteiger partial charge in [0.15, 0.2) is 0 Å². The first-order valence-corrected chi connectivity index (χ1v) is 10.3. The van der Waals surface area contributed by atoms with Gasteiger partial charge in [-0.3, -0.25) is 9.47 Å². The van der Waals surface area contributed by atoms with Crippen LogP contribution in [-0.4, -0.2) is 38.6 Å². The van der Waals surface area contributed by atoms with Crippen molar-refractivity contribution in [2.45, 2.75) is 77.0 Å². The van der Waals surface area contributed by atoms with Crippen LogP contribution < -0.4 is 17.2 Å². The summed E-state index contributed by atoms with van der Waals surface area (Å²) in [6.07, 6.45) is 7.28. The molecule has 1 aromatic carbocycles. The summed E-state index contributed by atoms with van der Waals surface area (Å²) in [5.74, 6) is 0.240. The molecule has 0 saturated heterocycles. The highest BCUT2D eigenvalue weighted by molar-refractivity contribution is 5.36. The summed E-state index contributed by atoms with van der Waals surface area (Å²) in [5, 5.41) is 0. The summed E-state index contributed by atoms with van der Waals surface area (Å²) in [5.41, 5.74) is 13.4. The minimum Gasteiger partial charge on any atom is -0.383 e. The Morgan fingerprint density at radius 3 is 2.32 bits per heavy atom. The topological polar surface area (TPSA) is 90.2 Å². The van der Waals surface area contributed by atoms with Gasteiger partial charge in [-0.2, -0.15) is 4.98 Å². The molecule has 3 rings (SSSR count). The van der Waals surface area contributed by atoms with Gasteiger partial charge < -0.3 is 11.5 Å². The van der Waals surface area contributed by atoms with E-state index in [4.69, 9.17) is 11.5 Å². The average molecular weight is 384 g/mol. The lowest BCUT2D eigenvalue weighted by molar-refractivity contribution is 0.0748. The minimum atomic E-state index is -0.359. The van der Waals surface area contributed by atoms with Gasteiger partial charge in [-0.25, -0.2) is 4.79 Å². The third-order valence-corrected chi connectivity index (χ3v) is 5.84. The van der Waals surface area contributed by atoms with E-state index >= 15 is 0 Å². The average Bonchev–Trinajstić information content (AvgIpc) is 2.64. The fraction of sp³-hybridized carbons (Fsp3) is 0.545. The fourth-order valence-electron chi connectivity index (χ4n) is 4.54. The molecule has 0 aliphatic heterocycles. The number of nitrogen functional groups attached to an aromatic ring is 1. The van der Waals surface area contributed by atoms with Crippen LogP contribution in [0.4, 0.5) is 5.82 Å². The van der Waals surface area contributed by atoms with Gasteiger partial charge in [-0.15, -0.1) is 0 Å². The number of aromatic nitrogens is 2. The van der Waals surface area contributed by atoms with Crippen molar-refractivity contribution in [3.05, 3.63) is 52.6 Å². The molecule has 0 spiro atoms. The van der Waals surface area contributed by atoms with Crippen molar-refractivity contribution in [2.75, 3.05) is 5.73 Å². The van der Waals surface area contributed by atoms with Crippen LogP contribution in [0, 0.1) is 0 Å². The van der Waals surface area contributed by atoms with Crippen LogP contribution >= 0.6 is 0 Å². The molecule has 4 N–H and O–H groups in total. The Hall–Kier alpha value is -2.18. The van der Waals surface area contributed by atoms with Crippen molar-refractivity contribution >= 4 is 5.82 Å². The van der Waals surface area contributed by atoms with Crippen molar-refractivity contribution in [3.8, 4) is 5.69 Å². The second kappa shape index (κ2) is 8.88. The number of rotatable bonds is 6. The van der Waals surface area contributed by atoms with Crippen molar-refractivity contribution < 1.29 is 0 Å². The molecule has 0 radical (unpaired) electrons. The van der Waals surface area contributed by atoms with E-state index in [0.29, 0.717) is 24.2 Å². The van der Waals surface area contributed by atoms with Gasteiger partial charge in [0.05, 0.1) is 5.69 Å². The van der Waals surface area contributed by atoms with Crippen LogP contribution in [0.5, 0.6) is 0 Å². The summed E-state index contributed by atoms with van der Waals surface area (Å²) in [7, 11) is 0. The summed E-state index contributed by atoms with van der Waals surface area (Å²) < 4.78 is 1.51. The molecule has 1 fully saturated rings. The first kappa shape index (κ1) is 20.6. The van der Waals surface area contributed by atoms with Gasteiger partial charge in [0.25, 0.3) is 0 Å². The summed E-state index contributed by atoms with van der Waals surface area (Å²) in [4.78, 5) is 18.5. The minimum absolute atomic E-state index is 0.240. The van der Waals surface area contributed by atoms with Gasteiger partial charge in [0.1, 0.15) is 5.82 Å². The number of nitrogens with two attached hydrogens (primary N) is 2. The van der Waals surface area contributed by atoms with Gasteiger partial charge in [-0.1, -0.05) is 12.1 Å². The normalized spacial score (nSPS) is 21.2. The zero-order valence-electron chi connectivity index (χ0n) is 17.2. The summed E-state index contributed by atoms with van der Waals surface area (Å²) >= 11 is 0. The third kappa shape index (κ3) is 4.80. The van der Waals surface area contributed by atoms with Crippen molar-refractivity contribution in [1.29, 1.82) is 0 Å². The van der Waals surface area contributed by atoms with Crippen LogP contribution in [0.1, 0.15) is 52.0 Å². The van der Waals surface area contributed by atoms with Crippen molar-refractivity contribution in [2.24, 2.45) is 5.73 Å². The molecule has 1 saturated carbocycles. The Bertz CT molecular complexity index is 822. The fourth-order valence-corrected chi connectivity index (χ4v) is 4.54. The quantitative estimate of drug-likeness (QED) is 0.800. The van der Waals surface area contributed by atoms with Gasteiger partial charge in [0, 0.05) is 30.4 Å². The van der Waals surface area contributed by atoms with E-state index in [2.05, 4.69) is 42.8 Å². The second-order valence-corrected chi connectivity index (χ2v) is 8.33. The van der Waals surface area contributed by atoms with Crippen molar-refractivity contribution in [3.63, 3.8) is 0 Å². The molecule has 28 heavy (non-hydrogen) atoms. The molecule has 6 nitrogen and oxygen atoms in total. The lowest BCUT2D eigenvalue weighted by Crippen LogP contribution is -2.49. The number of nitrogens with zero attached hydrogens (tertiary/aromatic N) is 3. The molecule has 1 aliphatic carbocycles. The van der Waals surface area contributed by atoms with Gasteiger partial charge >= 0.3 is 5.69 Å². The maximum absolute atomic E-state index is 12.0. The third-order valence-electron chi connectivity index (χ3n) is 5.84. The maximum atomic E-state index is 12.0. The van der Waals surface area contributed by atoms with Crippen LogP contribution in [0.15, 0.2) is 41.3 Å². The highest BCUT2D eigenvalue weighted by Crippen LogP contribution is 2.27. The van der Waals surface area contributed by atoms with Crippen LogP contribution in [0.3, 0.4) is 0 Å². The Kier molecular flexibility index (Phi) is 6.52. The molecule has 0 amide bonds. The Morgan fingerprint density at radius 1 is 1.11 bits per heavy atom. The Labute approximate surface area is 167 Å². The zero-order valence-corrected chi connectivity index (χ0v) is 17.2. The van der Waals surface area contributed by atoms with E-state index in [1.165, 1.54) is 23.0 Å². The molecular formula is C22H33N5O. The second-order valence-electron chi connectivity index (χ2n) is 8.33.